The first kappa shape index (κ1) is 31.4. The number of carbonyl (C=O) groups excluding carboxylic acids is 1. The number of nitrogens with one attached hydrogen (secondary N) is 1. The summed E-state index contributed by atoms with van der Waals surface area (Å²) in [5.74, 6) is -0.457. The highest BCUT2D eigenvalue weighted by molar-refractivity contribution is 6.60. The van der Waals surface area contributed by atoms with E-state index in [-0.39, 0.29) is 18.5 Å². The minimum atomic E-state index is -2.60. The van der Waals surface area contributed by atoms with Gasteiger partial charge in [-0.3, -0.25) is 4.79 Å². The van der Waals surface area contributed by atoms with Gasteiger partial charge in [0.2, 0.25) is 0 Å². The average Bonchev–Trinajstić information content (AvgIpc) is 2.77. The Labute approximate surface area is 196 Å². The Hall–Kier alpha value is -0.593. The third-order valence-electron chi connectivity index (χ3n) is 4.35. The van der Waals surface area contributed by atoms with Gasteiger partial charge in [0, 0.05) is 39.0 Å². The zero-order valence-corrected chi connectivity index (χ0v) is 21.9. The molecule has 0 aromatic rings. The Morgan fingerprint density at radius 1 is 0.781 bits per heavy atom. The van der Waals surface area contributed by atoms with Gasteiger partial charge in [-0.15, -0.1) is 0 Å². The molecule has 10 heteroatoms. The van der Waals surface area contributed by atoms with E-state index < -0.39 is 8.80 Å². The normalized spacial score (nSPS) is 12.8. The van der Waals surface area contributed by atoms with Crippen LogP contribution in [0.15, 0.2) is 0 Å². The Kier molecular flexibility index (Phi) is 21.8. The summed E-state index contributed by atoms with van der Waals surface area (Å²) in [6, 6.07) is 0.751. The van der Waals surface area contributed by atoms with Crippen molar-refractivity contribution in [3.8, 4) is 0 Å². The number of hydrogen-bond donors (Lipinski definition) is 1. The highest BCUT2D eigenvalue weighted by atomic mass is 28.4. The van der Waals surface area contributed by atoms with Crippen LogP contribution in [-0.4, -0.2) is 93.9 Å². The van der Waals surface area contributed by atoms with Gasteiger partial charge in [-0.05, 0) is 40.2 Å². The highest BCUT2D eigenvalue weighted by Crippen LogP contribution is 2.17. The standard InChI is InChI=1S/C22H47NO8Si/c1-6-12-25-13-14-26-15-16-27-17-18-28-22(24)21(5)20-23-11-10-19-32(29-7-2,30-8-3)31-9-4/h21,23H,6-20H2,1-5H3. The van der Waals surface area contributed by atoms with Crippen molar-refractivity contribution in [3.05, 3.63) is 0 Å². The Morgan fingerprint density at radius 2 is 1.28 bits per heavy atom. The molecule has 0 fully saturated rings. The maximum Gasteiger partial charge on any atom is 0.500 e. The van der Waals surface area contributed by atoms with E-state index in [0.29, 0.717) is 59.4 Å². The fraction of sp³-hybridized carbons (Fsp3) is 0.955. The molecule has 0 saturated heterocycles. The van der Waals surface area contributed by atoms with Gasteiger partial charge >= 0.3 is 14.8 Å². The maximum atomic E-state index is 12.1. The minimum Gasteiger partial charge on any atom is -0.463 e. The molecule has 0 aliphatic carbocycles. The van der Waals surface area contributed by atoms with Crippen molar-refractivity contribution >= 4 is 14.8 Å². The van der Waals surface area contributed by atoms with Crippen molar-refractivity contribution in [3.63, 3.8) is 0 Å². The third-order valence-corrected chi connectivity index (χ3v) is 7.50. The number of ether oxygens (including phenoxy) is 4. The van der Waals surface area contributed by atoms with Crippen molar-refractivity contribution in [2.75, 3.05) is 79.2 Å². The SMILES string of the molecule is CCCOCCOCCOCCOC(=O)C(C)CNCCC[Si](OCC)(OCC)OCC. The number of esters is 1. The van der Waals surface area contributed by atoms with Crippen LogP contribution >= 0.6 is 0 Å². The van der Waals surface area contributed by atoms with Crippen LogP contribution in [0.25, 0.3) is 0 Å². The van der Waals surface area contributed by atoms with Crippen molar-refractivity contribution in [1.29, 1.82) is 0 Å². The van der Waals surface area contributed by atoms with E-state index in [0.717, 1.165) is 32.0 Å². The second-order valence-corrected chi connectivity index (χ2v) is 9.93. The van der Waals surface area contributed by atoms with E-state index >= 15 is 0 Å². The van der Waals surface area contributed by atoms with Crippen LogP contribution in [0, 0.1) is 5.92 Å². The summed E-state index contributed by atoms with van der Waals surface area (Å²) in [4.78, 5) is 12.1. The molecule has 0 rings (SSSR count). The summed E-state index contributed by atoms with van der Waals surface area (Å²) in [5, 5.41) is 3.30. The summed E-state index contributed by atoms with van der Waals surface area (Å²) in [6.07, 6.45) is 1.87. The molecule has 0 bridgehead atoms. The molecule has 0 aromatic carbocycles. The molecule has 0 amide bonds. The molecule has 1 unspecified atom stereocenters. The fourth-order valence-electron chi connectivity index (χ4n) is 2.86. The van der Waals surface area contributed by atoms with Gasteiger partial charge in [-0.25, -0.2) is 0 Å². The molecule has 0 heterocycles. The van der Waals surface area contributed by atoms with Crippen LogP contribution in [0.5, 0.6) is 0 Å². The van der Waals surface area contributed by atoms with Crippen LogP contribution < -0.4 is 5.32 Å². The largest absolute Gasteiger partial charge is 0.500 e. The second-order valence-electron chi connectivity index (χ2n) is 7.20. The molecule has 0 aromatic heterocycles. The van der Waals surface area contributed by atoms with Crippen LogP contribution in [0.1, 0.15) is 47.5 Å². The van der Waals surface area contributed by atoms with Crippen LogP contribution in [0.3, 0.4) is 0 Å². The molecule has 32 heavy (non-hydrogen) atoms. The first-order chi connectivity index (χ1) is 15.5. The van der Waals surface area contributed by atoms with E-state index in [1.54, 1.807) is 0 Å². The number of hydrogen-bond acceptors (Lipinski definition) is 9. The molecular formula is C22H47NO8Si. The van der Waals surface area contributed by atoms with E-state index in [2.05, 4.69) is 12.2 Å². The molecule has 1 N–H and O–H groups in total. The first-order valence-corrected chi connectivity index (χ1v) is 14.0. The lowest BCUT2D eigenvalue weighted by Crippen LogP contribution is -2.46. The van der Waals surface area contributed by atoms with E-state index in [9.17, 15) is 4.79 Å². The Morgan fingerprint density at radius 3 is 1.78 bits per heavy atom. The number of carbonyl (C=O) groups is 1. The lowest BCUT2D eigenvalue weighted by Gasteiger charge is -2.28. The van der Waals surface area contributed by atoms with Crippen molar-refractivity contribution in [1.82, 2.24) is 5.32 Å². The zero-order valence-electron chi connectivity index (χ0n) is 20.9. The van der Waals surface area contributed by atoms with Gasteiger partial charge in [0.1, 0.15) is 6.61 Å². The minimum absolute atomic E-state index is 0.228. The molecule has 0 spiro atoms. The van der Waals surface area contributed by atoms with Crippen LogP contribution in [0.2, 0.25) is 6.04 Å². The molecule has 9 nitrogen and oxygen atoms in total. The van der Waals surface area contributed by atoms with E-state index in [1.807, 2.05) is 27.7 Å². The number of rotatable bonds is 24. The Balaban J connectivity index is 3.76. The molecular weight excluding hydrogens is 434 g/mol. The van der Waals surface area contributed by atoms with Crippen molar-refractivity contribution in [2.45, 2.75) is 53.5 Å². The van der Waals surface area contributed by atoms with Crippen LogP contribution in [0.4, 0.5) is 0 Å². The van der Waals surface area contributed by atoms with E-state index in [4.69, 9.17) is 32.2 Å². The predicted molar refractivity (Wildman–Crippen MR) is 126 cm³/mol. The molecule has 0 radical (unpaired) electrons. The van der Waals surface area contributed by atoms with Crippen molar-refractivity contribution < 1.29 is 37.0 Å². The predicted octanol–water partition coefficient (Wildman–Crippen LogP) is 2.65. The van der Waals surface area contributed by atoms with E-state index in [1.165, 1.54) is 0 Å². The summed E-state index contributed by atoms with van der Waals surface area (Å²) >= 11 is 0. The third kappa shape index (κ3) is 17.0. The van der Waals surface area contributed by atoms with Gasteiger partial charge in [0.25, 0.3) is 0 Å². The molecule has 0 saturated carbocycles. The molecule has 1 atom stereocenters. The quantitative estimate of drug-likeness (QED) is 0.127. The second kappa shape index (κ2) is 22.2. The molecule has 0 aliphatic rings. The van der Waals surface area contributed by atoms with Gasteiger partial charge < -0.3 is 37.5 Å². The lowest BCUT2D eigenvalue weighted by molar-refractivity contribution is -0.149. The first-order valence-electron chi connectivity index (χ1n) is 12.1. The molecule has 192 valence electrons. The van der Waals surface area contributed by atoms with Crippen molar-refractivity contribution in [2.24, 2.45) is 5.92 Å². The summed E-state index contributed by atoms with van der Waals surface area (Å²) in [5.41, 5.74) is 0. The molecule has 0 aliphatic heterocycles. The topological polar surface area (TPSA) is 93.7 Å². The fourth-order valence-corrected chi connectivity index (χ4v) is 5.47. The summed E-state index contributed by atoms with van der Waals surface area (Å²) < 4.78 is 38.9. The summed E-state index contributed by atoms with van der Waals surface area (Å²) in [6.45, 7) is 16.3. The smallest absolute Gasteiger partial charge is 0.463 e. The van der Waals surface area contributed by atoms with Gasteiger partial charge in [0.15, 0.2) is 0 Å². The lowest BCUT2D eigenvalue weighted by atomic mass is 10.2. The van der Waals surface area contributed by atoms with Crippen LogP contribution in [-0.2, 0) is 37.0 Å². The average molecular weight is 482 g/mol. The monoisotopic (exact) mass is 481 g/mol. The zero-order chi connectivity index (χ0) is 23.9. The van der Waals surface area contributed by atoms with Gasteiger partial charge in [-0.1, -0.05) is 13.8 Å². The highest BCUT2D eigenvalue weighted by Gasteiger charge is 2.39. The van der Waals surface area contributed by atoms with Gasteiger partial charge in [-0.2, -0.15) is 0 Å². The maximum absolute atomic E-state index is 12.1. The Bertz CT molecular complexity index is 414. The summed E-state index contributed by atoms with van der Waals surface area (Å²) in [7, 11) is -2.60. The van der Waals surface area contributed by atoms with Gasteiger partial charge in [0.05, 0.1) is 39.0 Å².